The van der Waals surface area contributed by atoms with Gasteiger partial charge in [-0.25, -0.2) is 9.36 Å². The van der Waals surface area contributed by atoms with E-state index in [0.717, 1.165) is 11.3 Å². The minimum absolute atomic E-state index is 0.120. The molecule has 0 aliphatic carbocycles. The van der Waals surface area contributed by atoms with Crippen LogP contribution in [-0.4, -0.2) is 32.5 Å². The molecule has 1 amide bonds. The van der Waals surface area contributed by atoms with Gasteiger partial charge in [0, 0.05) is 12.4 Å². The number of hydrogen-bond acceptors (Lipinski definition) is 4. The Bertz CT molecular complexity index is 955. The molecule has 0 fully saturated rings. The smallest absolute Gasteiger partial charge is 0.293 e. The van der Waals surface area contributed by atoms with Crippen molar-refractivity contribution in [1.82, 2.24) is 24.9 Å². The molecule has 0 atom stereocenters. The van der Waals surface area contributed by atoms with Crippen LogP contribution in [-0.2, 0) is 11.3 Å². The van der Waals surface area contributed by atoms with Gasteiger partial charge in [0.05, 0.1) is 17.6 Å². The van der Waals surface area contributed by atoms with Gasteiger partial charge in [0.1, 0.15) is 12.1 Å². The van der Waals surface area contributed by atoms with Gasteiger partial charge in [0.25, 0.3) is 5.56 Å². The molecular weight excluding hydrogens is 294 g/mol. The second-order valence-corrected chi connectivity index (χ2v) is 5.33. The zero-order valence-corrected chi connectivity index (χ0v) is 13.2. The lowest BCUT2D eigenvalue weighted by molar-refractivity contribution is -0.121. The maximum atomic E-state index is 12.8. The second kappa shape index (κ2) is 5.68. The molecule has 2 heterocycles. The summed E-state index contributed by atoms with van der Waals surface area (Å²) in [5, 5.41) is 11.7. The average molecular weight is 311 g/mol. The van der Waals surface area contributed by atoms with Gasteiger partial charge in [0.15, 0.2) is 0 Å². The van der Waals surface area contributed by atoms with Crippen LogP contribution in [0.1, 0.15) is 11.3 Å². The number of fused-ring (bicyclic) bond motifs is 1. The predicted molar refractivity (Wildman–Crippen MR) is 86.7 cm³/mol. The van der Waals surface area contributed by atoms with Crippen molar-refractivity contribution in [3.8, 4) is 5.69 Å². The minimum atomic E-state index is -0.338. The van der Waals surface area contributed by atoms with Gasteiger partial charge in [0.2, 0.25) is 5.91 Å². The molecule has 0 bridgehead atoms. The Morgan fingerprint density at radius 1 is 1.26 bits per heavy atom. The van der Waals surface area contributed by atoms with Crippen molar-refractivity contribution in [3.05, 3.63) is 52.1 Å². The van der Waals surface area contributed by atoms with E-state index in [1.165, 1.54) is 11.7 Å². The van der Waals surface area contributed by atoms with Gasteiger partial charge < -0.3 is 5.32 Å². The summed E-state index contributed by atoms with van der Waals surface area (Å²) >= 11 is 0. The molecule has 0 aliphatic rings. The van der Waals surface area contributed by atoms with Crippen LogP contribution in [0.15, 0.2) is 35.3 Å². The van der Waals surface area contributed by atoms with Crippen LogP contribution in [0, 0.1) is 13.8 Å². The lowest BCUT2D eigenvalue weighted by Crippen LogP contribution is -2.33. The third kappa shape index (κ3) is 2.50. The zero-order chi connectivity index (χ0) is 16.6. The van der Waals surface area contributed by atoms with Crippen LogP contribution in [0.25, 0.3) is 16.6 Å². The molecule has 2 aromatic heterocycles. The first kappa shape index (κ1) is 15.0. The molecular formula is C16H17N5O2. The third-order valence-electron chi connectivity index (χ3n) is 3.78. The molecule has 0 saturated heterocycles. The molecule has 7 heteroatoms. The number of aromatic nitrogens is 4. The highest BCUT2D eigenvalue weighted by atomic mass is 16.2. The Labute approximate surface area is 132 Å². The van der Waals surface area contributed by atoms with E-state index in [2.05, 4.69) is 15.5 Å². The molecule has 0 saturated carbocycles. The van der Waals surface area contributed by atoms with Crippen LogP contribution in [0.2, 0.25) is 0 Å². The summed E-state index contributed by atoms with van der Waals surface area (Å²) in [6.45, 7) is 3.64. The van der Waals surface area contributed by atoms with Crippen molar-refractivity contribution < 1.29 is 4.79 Å². The summed E-state index contributed by atoms with van der Waals surface area (Å²) in [6.07, 6.45) is 1.63. The molecule has 0 spiro atoms. The summed E-state index contributed by atoms with van der Waals surface area (Å²) < 4.78 is 2.79. The number of likely N-dealkylation sites (N-methyl/N-ethyl adjacent to an activating group) is 1. The van der Waals surface area contributed by atoms with Crippen molar-refractivity contribution in [2.75, 3.05) is 7.05 Å². The Hall–Kier alpha value is -2.96. The fraction of sp³-hybridized carbons (Fsp3) is 0.250. The highest BCUT2D eigenvalue weighted by molar-refractivity contribution is 5.82. The number of hydrogen-bond donors (Lipinski definition) is 1. The Morgan fingerprint density at radius 2 is 2.00 bits per heavy atom. The first-order valence-corrected chi connectivity index (χ1v) is 7.25. The summed E-state index contributed by atoms with van der Waals surface area (Å²) in [5.41, 5.74) is 2.58. The molecule has 118 valence electrons. The number of para-hydroxylation sites is 1. The van der Waals surface area contributed by atoms with Gasteiger partial charge in [-0.1, -0.05) is 18.2 Å². The number of carbonyl (C=O) groups is 1. The number of nitrogens with one attached hydrogen (secondary N) is 1. The van der Waals surface area contributed by atoms with E-state index < -0.39 is 0 Å². The molecule has 3 rings (SSSR count). The van der Waals surface area contributed by atoms with Gasteiger partial charge in [-0.2, -0.15) is 10.2 Å². The zero-order valence-electron chi connectivity index (χ0n) is 13.2. The van der Waals surface area contributed by atoms with E-state index in [4.69, 9.17) is 0 Å². The summed E-state index contributed by atoms with van der Waals surface area (Å²) in [5.74, 6) is -0.277. The molecule has 3 aromatic rings. The topological polar surface area (TPSA) is 81.8 Å². The number of aryl methyl sites for hydroxylation is 2. The normalized spacial score (nSPS) is 10.9. The number of amides is 1. The Balaban J connectivity index is 2.28. The van der Waals surface area contributed by atoms with Gasteiger partial charge >= 0.3 is 0 Å². The molecule has 1 aromatic carbocycles. The van der Waals surface area contributed by atoms with Crippen LogP contribution in [0.5, 0.6) is 0 Å². The average Bonchev–Trinajstić information content (AvgIpc) is 2.98. The quantitative estimate of drug-likeness (QED) is 0.780. The van der Waals surface area contributed by atoms with Crippen molar-refractivity contribution in [1.29, 1.82) is 0 Å². The van der Waals surface area contributed by atoms with Crippen molar-refractivity contribution in [3.63, 3.8) is 0 Å². The van der Waals surface area contributed by atoms with E-state index in [1.54, 1.807) is 17.8 Å². The number of nitrogens with zero attached hydrogens (tertiary/aromatic N) is 4. The first-order valence-electron chi connectivity index (χ1n) is 7.25. The first-order chi connectivity index (χ1) is 11.0. The van der Waals surface area contributed by atoms with Crippen LogP contribution < -0.4 is 10.9 Å². The largest absolute Gasteiger partial charge is 0.358 e. The number of rotatable bonds is 3. The Kier molecular flexibility index (Phi) is 3.69. The van der Waals surface area contributed by atoms with Gasteiger partial charge in [-0.3, -0.25) is 9.59 Å². The standard InChI is InChI=1S/C16H17N5O2/c1-10-6-4-5-7-13(10)21-15-12(8-18-21)11(2)19-20(16(15)23)9-14(22)17-3/h4-8H,9H2,1-3H3,(H,17,22). The molecule has 0 radical (unpaired) electrons. The maximum Gasteiger partial charge on any atom is 0.293 e. The lowest BCUT2D eigenvalue weighted by Gasteiger charge is -2.09. The van der Waals surface area contributed by atoms with E-state index in [9.17, 15) is 9.59 Å². The van der Waals surface area contributed by atoms with Gasteiger partial charge in [-0.15, -0.1) is 0 Å². The maximum absolute atomic E-state index is 12.8. The molecule has 0 unspecified atom stereocenters. The molecule has 0 aliphatic heterocycles. The van der Waals surface area contributed by atoms with Crippen molar-refractivity contribution in [2.24, 2.45) is 0 Å². The minimum Gasteiger partial charge on any atom is -0.358 e. The summed E-state index contributed by atoms with van der Waals surface area (Å²) in [7, 11) is 1.52. The summed E-state index contributed by atoms with van der Waals surface area (Å²) in [6, 6.07) is 7.69. The fourth-order valence-corrected chi connectivity index (χ4v) is 2.53. The predicted octanol–water partition coefficient (Wildman–Crippen LogP) is 0.945. The summed E-state index contributed by atoms with van der Waals surface area (Å²) in [4.78, 5) is 24.4. The van der Waals surface area contributed by atoms with E-state index in [1.807, 2.05) is 31.2 Å². The van der Waals surface area contributed by atoms with Crippen molar-refractivity contribution >= 4 is 16.8 Å². The van der Waals surface area contributed by atoms with E-state index in [-0.39, 0.29) is 18.0 Å². The highest BCUT2D eigenvalue weighted by Crippen LogP contribution is 2.19. The number of benzene rings is 1. The van der Waals surface area contributed by atoms with Crippen LogP contribution in [0.4, 0.5) is 0 Å². The second-order valence-electron chi connectivity index (χ2n) is 5.33. The molecule has 1 N–H and O–H groups in total. The SMILES string of the molecule is CNC(=O)Cn1nc(C)c2cnn(-c3ccccc3C)c2c1=O. The molecule has 23 heavy (non-hydrogen) atoms. The fourth-order valence-electron chi connectivity index (χ4n) is 2.53. The van der Waals surface area contributed by atoms with Gasteiger partial charge in [-0.05, 0) is 25.5 Å². The number of carbonyl (C=O) groups excluding carboxylic acids is 1. The Morgan fingerprint density at radius 3 is 2.70 bits per heavy atom. The van der Waals surface area contributed by atoms with Crippen molar-refractivity contribution in [2.45, 2.75) is 20.4 Å². The van der Waals surface area contributed by atoms with Crippen LogP contribution in [0.3, 0.4) is 0 Å². The monoisotopic (exact) mass is 311 g/mol. The van der Waals surface area contributed by atoms with E-state index in [0.29, 0.717) is 16.6 Å². The third-order valence-corrected chi connectivity index (χ3v) is 3.78. The van der Waals surface area contributed by atoms with Crippen LogP contribution >= 0.6 is 0 Å². The lowest BCUT2D eigenvalue weighted by atomic mass is 10.2. The highest BCUT2D eigenvalue weighted by Gasteiger charge is 2.16. The van der Waals surface area contributed by atoms with E-state index >= 15 is 0 Å². The molecule has 7 nitrogen and oxygen atoms in total.